The van der Waals surface area contributed by atoms with Gasteiger partial charge in [-0.15, -0.1) is 5.01 Å². The van der Waals surface area contributed by atoms with Gasteiger partial charge in [-0.05, 0) is 60.8 Å². The molecule has 0 spiro atoms. The van der Waals surface area contributed by atoms with Gasteiger partial charge in [0, 0.05) is 0 Å². The molecule has 29 heavy (non-hydrogen) atoms. The second kappa shape index (κ2) is 7.54. The minimum atomic E-state index is -3.86. The molecule has 0 aliphatic carbocycles. The predicted molar refractivity (Wildman–Crippen MR) is 108 cm³/mol. The van der Waals surface area contributed by atoms with Crippen LogP contribution in [0.1, 0.15) is 16.7 Å². The van der Waals surface area contributed by atoms with Gasteiger partial charge < -0.3 is 4.85 Å². The normalized spacial score (nSPS) is 16.9. The first kappa shape index (κ1) is 20.3. The molecular formula is C19H18N6O3S. The fourth-order valence-corrected chi connectivity index (χ4v) is 3.75. The van der Waals surface area contributed by atoms with Gasteiger partial charge in [0.25, 0.3) is 5.91 Å². The van der Waals surface area contributed by atoms with Crippen LogP contribution in [0.3, 0.4) is 0 Å². The molecule has 1 heterocycles. The highest BCUT2D eigenvalue weighted by Gasteiger charge is 2.41. The molecule has 0 saturated carbocycles. The van der Waals surface area contributed by atoms with Crippen molar-refractivity contribution in [3.63, 3.8) is 0 Å². The van der Waals surface area contributed by atoms with Gasteiger partial charge in [0.05, 0.1) is 16.3 Å². The van der Waals surface area contributed by atoms with E-state index in [9.17, 15) is 13.2 Å². The summed E-state index contributed by atoms with van der Waals surface area (Å²) in [6.45, 7) is 12.4. The second-order valence-corrected chi connectivity index (χ2v) is 8.10. The van der Waals surface area contributed by atoms with E-state index in [0.717, 1.165) is 10.6 Å². The van der Waals surface area contributed by atoms with Crippen molar-refractivity contribution in [2.24, 2.45) is 20.5 Å². The lowest BCUT2D eigenvalue weighted by molar-refractivity contribution is -0.117. The quantitative estimate of drug-likeness (QED) is 0.616. The number of hydrogen-bond donors (Lipinski definition) is 1. The van der Waals surface area contributed by atoms with Crippen molar-refractivity contribution in [2.75, 3.05) is 5.01 Å². The van der Waals surface area contributed by atoms with Crippen molar-refractivity contribution in [1.82, 2.24) is 0 Å². The molecule has 2 N–H and O–H groups in total. The number of amides is 1. The van der Waals surface area contributed by atoms with Crippen molar-refractivity contribution in [1.29, 1.82) is 0 Å². The number of primary sulfonamides is 1. The number of nitrogens with zero attached hydrogens (tertiary/aromatic N) is 5. The van der Waals surface area contributed by atoms with Crippen LogP contribution in [0, 0.1) is 27.3 Å². The first-order valence-corrected chi connectivity index (χ1v) is 10.1. The molecule has 0 saturated heterocycles. The van der Waals surface area contributed by atoms with Crippen LogP contribution in [0.25, 0.3) is 4.85 Å². The van der Waals surface area contributed by atoms with Gasteiger partial charge in [0.1, 0.15) is 0 Å². The molecule has 0 aromatic heterocycles. The average molecular weight is 410 g/mol. The molecule has 1 unspecified atom stereocenters. The first-order chi connectivity index (χ1) is 13.6. The summed E-state index contributed by atoms with van der Waals surface area (Å²) in [5, 5.41) is 18.6. The van der Waals surface area contributed by atoms with Gasteiger partial charge in [0.15, 0.2) is 0 Å². The molecule has 0 radical (unpaired) electrons. The molecule has 2 aromatic rings. The van der Waals surface area contributed by atoms with Gasteiger partial charge in [-0.2, -0.15) is 10.2 Å². The van der Waals surface area contributed by atoms with Crippen molar-refractivity contribution in [3.8, 4) is 0 Å². The highest BCUT2D eigenvalue weighted by Crippen LogP contribution is 2.29. The molecule has 0 bridgehead atoms. The maximum absolute atomic E-state index is 12.8. The van der Waals surface area contributed by atoms with E-state index in [4.69, 9.17) is 11.7 Å². The number of amidine groups is 1. The number of hydrazone groups is 1. The lowest BCUT2D eigenvalue weighted by atomic mass is 10.1. The smallest absolute Gasteiger partial charge is 0.307 e. The number of sulfonamides is 1. The molecule has 1 atom stereocenters. The molecule has 9 nitrogen and oxygen atoms in total. The number of anilines is 1. The summed E-state index contributed by atoms with van der Waals surface area (Å²) in [5.41, 5.74) is 2.70. The van der Waals surface area contributed by atoms with E-state index in [1.165, 1.54) is 12.1 Å². The third-order valence-electron chi connectivity index (χ3n) is 4.43. The van der Waals surface area contributed by atoms with Crippen LogP contribution in [0.4, 0.5) is 11.4 Å². The molecule has 148 valence electrons. The number of para-hydroxylation sites is 1. The average Bonchev–Trinajstić information content (AvgIpc) is 2.97. The second-order valence-electron chi connectivity index (χ2n) is 6.57. The lowest BCUT2D eigenvalue weighted by Crippen LogP contribution is -2.30. The molecule has 1 aliphatic heterocycles. The maximum Gasteiger partial charge on any atom is 0.307 e. The summed E-state index contributed by atoms with van der Waals surface area (Å²) in [7, 11) is -3.86. The van der Waals surface area contributed by atoms with Gasteiger partial charge in [0.2, 0.25) is 16.1 Å². The Bertz CT molecular complexity index is 1210. The molecule has 0 fully saturated rings. The number of carbonyl (C=O) groups is 1. The van der Waals surface area contributed by atoms with Crippen LogP contribution in [-0.2, 0) is 14.8 Å². The largest absolute Gasteiger partial charge is 0.360 e. The Morgan fingerprint density at radius 3 is 2.45 bits per heavy atom. The Balaban J connectivity index is 1.95. The Morgan fingerprint density at radius 1 is 1.14 bits per heavy atom. The van der Waals surface area contributed by atoms with Crippen LogP contribution in [0.2, 0.25) is 0 Å². The maximum atomic E-state index is 12.8. The molecule has 10 heteroatoms. The zero-order valence-corrected chi connectivity index (χ0v) is 16.8. The summed E-state index contributed by atoms with van der Waals surface area (Å²) >= 11 is 0. The molecule has 1 amide bonds. The topological polar surface area (TPSA) is 122 Å². The number of carbonyl (C=O) groups excluding carboxylic acids is 1. The van der Waals surface area contributed by atoms with E-state index in [0.29, 0.717) is 22.5 Å². The van der Waals surface area contributed by atoms with E-state index < -0.39 is 22.0 Å². The molecular weight excluding hydrogens is 392 g/mol. The van der Waals surface area contributed by atoms with Crippen molar-refractivity contribution in [3.05, 3.63) is 64.5 Å². The van der Waals surface area contributed by atoms with Crippen molar-refractivity contribution < 1.29 is 13.2 Å². The van der Waals surface area contributed by atoms with Crippen molar-refractivity contribution >= 4 is 33.1 Å². The number of benzene rings is 2. The Hall–Kier alpha value is -3.42. The highest BCUT2D eigenvalue weighted by molar-refractivity contribution is 7.89. The summed E-state index contributed by atoms with van der Waals surface area (Å²) in [6, 6.07) is 8.94. The van der Waals surface area contributed by atoms with Crippen molar-refractivity contribution in [2.45, 2.75) is 31.7 Å². The third-order valence-corrected chi connectivity index (χ3v) is 5.48. The Morgan fingerprint density at radius 2 is 1.83 bits per heavy atom. The SMILES string of the molecule is [C-]#[N+]C1=NN(c2ccccc2C)C(=O)C1N=Nc1cc(C)c(S(N)(=O)=O)cc1C. The predicted octanol–water partition coefficient (Wildman–Crippen LogP) is 2.99. The van der Waals surface area contributed by atoms with Crippen LogP contribution < -0.4 is 10.1 Å². The molecule has 3 rings (SSSR count). The van der Waals surface area contributed by atoms with Crippen LogP contribution >= 0.6 is 0 Å². The van der Waals surface area contributed by atoms with E-state index >= 15 is 0 Å². The van der Waals surface area contributed by atoms with Crippen LogP contribution in [0.15, 0.2) is 56.6 Å². The fraction of sp³-hybridized carbons (Fsp3) is 0.211. The zero-order valence-electron chi connectivity index (χ0n) is 16.0. The van der Waals surface area contributed by atoms with Gasteiger partial charge >= 0.3 is 5.84 Å². The van der Waals surface area contributed by atoms with Gasteiger partial charge in [-0.1, -0.05) is 24.8 Å². The van der Waals surface area contributed by atoms with Crippen LogP contribution in [0.5, 0.6) is 0 Å². The third kappa shape index (κ3) is 3.91. The lowest BCUT2D eigenvalue weighted by Gasteiger charge is -2.11. The zero-order chi connectivity index (χ0) is 21.3. The first-order valence-electron chi connectivity index (χ1n) is 8.54. The fourth-order valence-electron chi connectivity index (χ4n) is 2.90. The monoisotopic (exact) mass is 410 g/mol. The standard InChI is InChI=1S/C19H18N6O3S/c1-11-7-5-6-8-15(11)25-19(26)17(18(21-4)24-25)23-22-14-9-13(3)16(10-12(14)2)29(20,27)28/h5-10,17H,1-3H3,(H2,20,27,28). The Kier molecular flexibility index (Phi) is 5.28. The van der Waals surface area contributed by atoms with E-state index in [1.807, 2.05) is 19.1 Å². The van der Waals surface area contributed by atoms with E-state index in [2.05, 4.69) is 20.2 Å². The minimum Gasteiger partial charge on any atom is -0.360 e. The van der Waals surface area contributed by atoms with Gasteiger partial charge in [-0.25, -0.2) is 13.6 Å². The van der Waals surface area contributed by atoms with Crippen LogP contribution in [-0.4, -0.2) is 26.2 Å². The highest BCUT2D eigenvalue weighted by atomic mass is 32.2. The number of rotatable bonds is 4. The van der Waals surface area contributed by atoms with E-state index in [-0.39, 0.29) is 10.7 Å². The minimum absolute atomic E-state index is 0.0000282. The molecule has 2 aromatic carbocycles. The van der Waals surface area contributed by atoms with E-state index in [1.54, 1.807) is 26.0 Å². The Labute approximate surface area is 168 Å². The number of azo groups is 1. The number of aryl methyl sites for hydroxylation is 3. The summed E-state index contributed by atoms with van der Waals surface area (Å²) < 4.78 is 23.3. The number of nitrogens with two attached hydrogens (primary N) is 1. The summed E-state index contributed by atoms with van der Waals surface area (Å²) in [6.07, 6.45) is 0. The number of hydrogen-bond acceptors (Lipinski definition) is 6. The molecule has 1 aliphatic rings. The van der Waals surface area contributed by atoms with Gasteiger partial charge in [-0.3, -0.25) is 4.79 Å². The summed E-state index contributed by atoms with van der Waals surface area (Å²) in [5.74, 6) is -0.567. The summed E-state index contributed by atoms with van der Waals surface area (Å²) in [4.78, 5) is 16.1.